The first kappa shape index (κ1) is 12.3. The predicted molar refractivity (Wildman–Crippen MR) is 63.9 cm³/mol. The van der Waals surface area contributed by atoms with Crippen molar-refractivity contribution in [3.05, 3.63) is 0 Å². The fourth-order valence-corrected chi connectivity index (χ4v) is 2.91. The van der Waals surface area contributed by atoms with Crippen LogP contribution in [0.5, 0.6) is 0 Å². The summed E-state index contributed by atoms with van der Waals surface area (Å²) in [7, 11) is 0. The van der Waals surface area contributed by atoms with E-state index in [1.807, 2.05) is 25.6 Å². The molecule has 0 unspecified atom stereocenters. The summed E-state index contributed by atoms with van der Waals surface area (Å²) >= 11 is 2.05. The SMILES string of the molecule is CC(C)(O)CN1CCSC(C)(C)CC1. The third kappa shape index (κ3) is 4.67. The van der Waals surface area contributed by atoms with Crippen molar-refractivity contribution in [1.29, 1.82) is 0 Å². The second-order valence-electron chi connectivity index (χ2n) is 5.45. The zero-order valence-corrected chi connectivity index (χ0v) is 10.7. The maximum Gasteiger partial charge on any atom is 0.0718 e. The molecule has 0 amide bonds. The first-order valence-corrected chi connectivity index (χ1v) is 6.36. The molecule has 0 aromatic carbocycles. The van der Waals surface area contributed by atoms with Gasteiger partial charge in [0.1, 0.15) is 0 Å². The van der Waals surface area contributed by atoms with Gasteiger partial charge < -0.3 is 5.11 Å². The summed E-state index contributed by atoms with van der Waals surface area (Å²) in [6, 6.07) is 0. The lowest BCUT2D eigenvalue weighted by atomic mass is 10.1. The molecule has 0 aliphatic carbocycles. The molecule has 84 valence electrons. The first-order chi connectivity index (χ1) is 6.29. The Balaban J connectivity index is 2.43. The van der Waals surface area contributed by atoms with Gasteiger partial charge in [0, 0.05) is 23.6 Å². The summed E-state index contributed by atoms with van der Waals surface area (Å²) in [6.45, 7) is 11.4. The molecule has 0 aromatic rings. The van der Waals surface area contributed by atoms with E-state index in [2.05, 4.69) is 18.7 Å². The second kappa shape index (κ2) is 4.42. The van der Waals surface area contributed by atoms with Crippen LogP contribution in [0.15, 0.2) is 0 Å². The summed E-state index contributed by atoms with van der Waals surface area (Å²) in [5.41, 5.74) is -0.556. The van der Waals surface area contributed by atoms with Gasteiger partial charge in [0.05, 0.1) is 5.60 Å². The van der Waals surface area contributed by atoms with Gasteiger partial charge in [-0.3, -0.25) is 4.90 Å². The molecule has 1 aliphatic rings. The third-order valence-corrected chi connectivity index (χ3v) is 3.91. The number of hydrogen-bond donors (Lipinski definition) is 1. The molecule has 14 heavy (non-hydrogen) atoms. The number of hydrogen-bond acceptors (Lipinski definition) is 3. The van der Waals surface area contributed by atoms with Gasteiger partial charge in [0.15, 0.2) is 0 Å². The van der Waals surface area contributed by atoms with Gasteiger partial charge in [-0.1, -0.05) is 13.8 Å². The van der Waals surface area contributed by atoms with Crippen molar-refractivity contribution in [2.75, 3.05) is 25.4 Å². The maximum absolute atomic E-state index is 9.74. The van der Waals surface area contributed by atoms with Gasteiger partial charge in [0.25, 0.3) is 0 Å². The molecule has 1 N–H and O–H groups in total. The van der Waals surface area contributed by atoms with Crippen LogP contribution in [0.3, 0.4) is 0 Å². The van der Waals surface area contributed by atoms with Crippen LogP contribution in [0, 0.1) is 0 Å². The highest BCUT2D eigenvalue weighted by molar-refractivity contribution is 8.00. The second-order valence-corrected chi connectivity index (χ2v) is 7.25. The molecule has 1 fully saturated rings. The third-order valence-electron chi connectivity index (χ3n) is 2.54. The van der Waals surface area contributed by atoms with Crippen LogP contribution in [-0.2, 0) is 0 Å². The molecular formula is C11H23NOS. The minimum absolute atomic E-state index is 0.411. The number of β-amino-alcohol motifs (C(OH)–C–C–N with tert-alkyl or cyclic N) is 1. The van der Waals surface area contributed by atoms with Crippen LogP contribution in [-0.4, -0.2) is 45.7 Å². The van der Waals surface area contributed by atoms with Gasteiger partial charge in [-0.2, -0.15) is 11.8 Å². The average Bonchev–Trinajstić information content (AvgIpc) is 2.10. The standard InChI is InChI=1S/C11H23NOS/c1-10(2,13)9-12-6-5-11(3,4)14-8-7-12/h13H,5-9H2,1-4H3. The Hall–Kier alpha value is 0.270. The molecule has 1 rings (SSSR count). The number of thioether (sulfide) groups is 1. The van der Waals surface area contributed by atoms with Crippen molar-refractivity contribution in [2.45, 2.75) is 44.5 Å². The first-order valence-electron chi connectivity index (χ1n) is 5.37. The normalized spacial score (nSPS) is 24.6. The molecule has 1 heterocycles. The summed E-state index contributed by atoms with van der Waals surface area (Å²) in [6.07, 6.45) is 1.22. The van der Waals surface area contributed by atoms with Gasteiger partial charge in [-0.25, -0.2) is 0 Å². The molecular weight excluding hydrogens is 194 g/mol. The van der Waals surface area contributed by atoms with E-state index >= 15 is 0 Å². The number of nitrogens with zero attached hydrogens (tertiary/aromatic N) is 1. The number of rotatable bonds is 2. The van der Waals surface area contributed by atoms with Crippen LogP contribution in [0.2, 0.25) is 0 Å². The maximum atomic E-state index is 9.74. The molecule has 0 radical (unpaired) electrons. The molecule has 1 saturated heterocycles. The highest BCUT2D eigenvalue weighted by Gasteiger charge is 2.26. The molecule has 2 nitrogen and oxygen atoms in total. The van der Waals surface area contributed by atoms with Gasteiger partial charge in [-0.15, -0.1) is 0 Å². The van der Waals surface area contributed by atoms with E-state index in [0.717, 1.165) is 19.6 Å². The molecule has 0 bridgehead atoms. The van der Waals surface area contributed by atoms with Crippen LogP contribution in [0.1, 0.15) is 34.1 Å². The predicted octanol–water partition coefficient (Wildman–Crippen LogP) is 1.97. The zero-order valence-electron chi connectivity index (χ0n) is 9.84. The monoisotopic (exact) mass is 217 g/mol. The molecule has 3 heteroatoms. The van der Waals surface area contributed by atoms with Gasteiger partial charge >= 0.3 is 0 Å². The van der Waals surface area contributed by atoms with Crippen molar-refractivity contribution >= 4 is 11.8 Å². The summed E-state index contributed by atoms with van der Waals surface area (Å²) in [4.78, 5) is 2.38. The van der Waals surface area contributed by atoms with Crippen LogP contribution < -0.4 is 0 Å². The Bertz CT molecular complexity index is 186. The minimum Gasteiger partial charge on any atom is -0.389 e. The van der Waals surface area contributed by atoms with Crippen molar-refractivity contribution in [3.63, 3.8) is 0 Å². The topological polar surface area (TPSA) is 23.5 Å². The Labute approximate surface area is 92.1 Å². The number of aliphatic hydroxyl groups is 1. The summed E-state index contributed by atoms with van der Waals surface area (Å²) in [5.74, 6) is 1.18. The molecule has 0 atom stereocenters. The largest absolute Gasteiger partial charge is 0.389 e. The van der Waals surface area contributed by atoms with Gasteiger partial charge in [-0.05, 0) is 26.8 Å². The Morgan fingerprint density at radius 1 is 1.36 bits per heavy atom. The van der Waals surface area contributed by atoms with E-state index in [9.17, 15) is 5.11 Å². The van der Waals surface area contributed by atoms with Crippen LogP contribution in [0.4, 0.5) is 0 Å². The van der Waals surface area contributed by atoms with E-state index < -0.39 is 5.60 Å². The van der Waals surface area contributed by atoms with Crippen molar-refractivity contribution in [3.8, 4) is 0 Å². The average molecular weight is 217 g/mol. The fraction of sp³-hybridized carbons (Fsp3) is 1.00. The smallest absolute Gasteiger partial charge is 0.0718 e. The van der Waals surface area contributed by atoms with Crippen molar-refractivity contribution in [1.82, 2.24) is 4.90 Å². The van der Waals surface area contributed by atoms with E-state index in [4.69, 9.17) is 0 Å². The van der Waals surface area contributed by atoms with E-state index in [1.165, 1.54) is 12.2 Å². The van der Waals surface area contributed by atoms with E-state index in [-0.39, 0.29) is 0 Å². The van der Waals surface area contributed by atoms with Crippen LogP contribution in [0.25, 0.3) is 0 Å². The zero-order chi connectivity index (χ0) is 10.8. The Morgan fingerprint density at radius 2 is 2.00 bits per heavy atom. The highest BCUT2D eigenvalue weighted by atomic mass is 32.2. The molecule has 0 spiro atoms. The highest BCUT2D eigenvalue weighted by Crippen LogP contribution is 2.30. The lowest BCUT2D eigenvalue weighted by molar-refractivity contribution is 0.0379. The fourth-order valence-electron chi connectivity index (χ4n) is 1.77. The molecule has 1 aliphatic heterocycles. The van der Waals surface area contributed by atoms with E-state index in [1.54, 1.807) is 0 Å². The molecule has 0 saturated carbocycles. The van der Waals surface area contributed by atoms with Crippen molar-refractivity contribution in [2.24, 2.45) is 0 Å². The Kier molecular flexibility index (Phi) is 3.89. The van der Waals surface area contributed by atoms with Crippen molar-refractivity contribution < 1.29 is 5.11 Å². The quantitative estimate of drug-likeness (QED) is 0.765. The lowest BCUT2D eigenvalue weighted by Crippen LogP contribution is -2.40. The lowest BCUT2D eigenvalue weighted by Gasteiger charge is -2.28. The van der Waals surface area contributed by atoms with E-state index in [0.29, 0.717) is 4.75 Å². The van der Waals surface area contributed by atoms with Gasteiger partial charge in [0.2, 0.25) is 0 Å². The Morgan fingerprint density at radius 3 is 2.57 bits per heavy atom. The summed E-state index contributed by atoms with van der Waals surface area (Å²) < 4.78 is 0.411. The molecule has 0 aromatic heterocycles. The minimum atomic E-state index is -0.556. The summed E-state index contributed by atoms with van der Waals surface area (Å²) in [5, 5.41) is 9.74. The van der Waals surface area contributed by atoms with Crippen LogP contribution >= 0.6 is 11.8 Å².